The Bertz CT molecular complexity index is 509. The molecule has 1 fully saturated rings. The minimum atomic E-state index is -0.544. The van der Waals surface area contributed by atoms with Crippen molar-refractivity contribution in [2.75, 3.05) is 0 Å². The Morgan fingerprint density at radius 2 is 1.88 bits per heavy atom. The SMILES string of the molecule is Cc1ccnn1-c1ccc(C2(O)CC2)cc1. The van der Waals surface area contributed by atoms with Crippen molar-refractivity contribution in [1.82, 2.24) is 9.78 Å². The molecule has 0 aliphatic heterocycles. The van der Waals surface area contributed by atoms with Crippen molar-refractivity contribution in [1.29, 1.82) is 0 Å². The molecular formula is C13H14N2O. The summed E-state index contributed by atoms with van der Waals surface area (Å²) < 4.78 is 1.89. The first kappa shape index (κ1) is 9.60. The fraction of sp³-hybridized carbons (Fsp3) is 0.308. The monoisotopic (exact) mass is 214 g/mol. The molecule has 3 nitrogen and oxygen atoms in total. The zero-order valence-electron chi connectivity index (χ0n) is 9.22. The van der Waals surface area contributed by atoms with Gasteiger partial charge in [-0.2, -0.15) is 5.10 Å². The van der Waals surface area contributed by atoms with Crippen LogP contribution in [-0.4, -0.2) is 14.9 Å². The van der Waals surface area contributed by atoms with Gasteiger partial charge in [0, 0.05) is 11.9 Å². The van der Waals surface area contributed by atoms with Crippen LogP contribution >= 0.6 is 0 Å². The normalized spacial score (nSPS) is 17.4. The van der Waals surface area contributed by atoms with Crippen molar-refractivity contribution in [3.05, 3.63) is 47.8 Å². The largest absolute Gasteiger partial charge is 0.385 e. The smallest absolute Gasteiger partial charge is 0.0899 e. The Labute approximate surface area is 94.3 Å². The fourth-order valence-electron chi connectivity index (χ4n) is 1.96. The Morgan fingerprint density at radius 1 is 1.19 bits per heavy atom. The number of hydrogen-bond acceptors (Lipinski definition) is 2. The summed E-state index contributed by atoms with van der Waals surface area (Å²) in [5.74, 6) is 0. The van der Waals surface area contributed by atoms with Crippen LogP contribution in [0, 0.1) is 6.92 Å². The quantitative estimate of drug-likeness (QED) is 0.832. The molecule has 1 aromatic heterocycles. The zero-order valence-corrected chi connectivity index (χ0v) is 9.22. The molecule has 0 amide bonds. The van der Waals surface area contributed by atoms with Crippen molar-refractivity contribution >= 4 is 0 Å². The van der Waals surface area contributed by atoms with Gasteiger partial charge < -0.3 is 5.11 Å². The molecule has 0 atom stereocenters. The van der Waals surface area contributed by atoms with Crippen LogP contribution in [0.4, 0.5) is 0 Å². The lowest BCUT2D eigenvalue weighted by Gasteiger charge is -2.09. The van der Waals surface area contributed by atoms with Crippen molar-refractivity contribution in [2.45, 2.75) is 25.4 Å². The number of aromatic nitrogens is 2. The molecule has 0 radical (unpaired) electrons. The first-order valence-corrected chi connectivity index (χ1v) is 5.53. The molecule has 1 aliphatic rings. The maximum absolute atomic E-state index is 9.95. The van der Waals surface area contributed by atoms with Crippen LogP contribution in [0.15, 0.2) is 36.5 Å². The van der Waals surface area contributed by atoms with Gasteiger partial charge in [-0.3, -0.25) is 0 Å². The summed E-state index contributed by atoms with van der Waals surface area (Å²) in [5, 5.41) is 14.2. The summed E-state index contributed by atoms with van der Waals surface area (Å²) in [4.78, 5) is 0. The molecule has 0 bridgehead atoms. The maximum atomic E-state index is 9.95. The van der Waals surface area contributed by atoms with E-state index in [0.717, 1.165) is 29.8 Å². The predicted octanol–water partition coefficient (Wildman–Crippen LogP) is 2.16. The summed E-state index contributed by atoms with van der Waals surface area (Å²) in [6, 6.07) is 9.96. The van der Waals surface area contributed by atoms with Crippen LogP contribution in [0.25, 0.3) is 5.69 Å². The van der Waals surface area contributed by atoms with E-state index in [9.17, 15) is 5.11 Å². The van der Waals surface area contributed by atoms with Gasteiger partial charge >= 0.3 is 0 Å². The molecule has 3 rings (SSSR count). The number of aliphatic hydroxyl groups is 1. The predicted molar refractivity (Wildman–Crippen MR) is 61.4 cm³/mol. The second-order valence-electron chi connectivity index (χ2n) is 4.46. The van der Waals surface area contributed by atoms with Gasteiger partial charge in [0.05, 0.1) is 11.3 Å². The van der Waals surface area contributed by atoms with E-state index in [1.807, 2.05) is 41.9 Å². The van der Waals surface area contributed by atoms with Crippen LogP contribution in [0.3, 0.4) is 0 Å². The molecule has 82 valence electrons. The van der Waals surface area contributed by atoms with Gasteiger partial charge in [-0.15, -0.1) is 0 Å². The maximum Gasteiger partial charge on any atom is 0.0899 e. The molecule has 1 aliphatic carbocycles. The minimum Gasteiger partial charge on any atom is -0.385 e. The van der Waals surface area contributed by atoms with E-state index in [2.05, 4.69) is 5.10 Å². The lowest BCUT2D eigenvalue weighted by atomic mass is 10.1. The topological polar surface area (TPSA) is 38.0 Å². The first-order valence-electron chi connectivity index (χ1n) is 5.53. The molecule has 1 saturated carbocycles. The van der Waals surface area contributed by atoms with Gasteiger partial charge in [-0.1, -0.05) is 12.1 Å². The third-order valence-corrected chi connectivity index (χ3v) is 3.20. The number of benzene rings is 1. The highest BCUT2D eigenvalue weighted by Gasteiger charge is 2.41. The van der Waals surface area contributed by atoms with Gasteiger partial charge in [-0.25, -0.2) is 4.68 Å². The summed E-state index contributed by atoms with van der Waals surface area (Å²) >= 11 is 0. The Hall–Kier alpha value is -1.61. The number of nitrogens with zero attached hydrogens (tertiary/aromatic N) is 2. The van der Waals surface area contributed by atoms with Gasteiger partial charge in [0.15, 0.2) is 0 Å². The highest BCUT2D eigenvalue weighted by molar-refractivity contribution is 5.38. The Morgan fingerprint density at radius 3 is 2.38 bits per heavy atom. The molecule has 0 spiro atoms. The highest BCUT2D eigenvalue weighted by atomic mass is 16.3. The van der Waals surface area contributed by atoms with Crippen molar-refractivity contribution < 1.29 is 5.11 Å². The van der Waals surface area contributed by atoms with Gasteiger partial charge in [0.25, 0.3) is 0 Å². The Balaban J connectivity index is 1.96. The summed E-state index contributed by atoms with van der Waals surface area (Å²) in [5.41, 5.74) is 2.62. The second kappa shape index (κ2) is 3.19. The summed E-state index contributed by atoms with van der Waals surface area (Å²) in [6.07, 6.45) is 3.55. The molecule has 0 saturated heterocycles. The van der Waals surface area contributed by atoms with E-state index >= 15 is 0 Å². The Kier molecular flexibility index (Phi) is 1.91. The number of aryl methyl sites for hydroxylation is 1. The lowest BCUT2D eigenvalue weighted by molar-refractivity contribution is 0.151. The van der Waals surface area contributed by atoms with Gasteiger partial charge in [0.2, 0.25) is 0 Å². The number of rotatable bonds is 2. The van der Waals surface area contributed by atoms with Crippen molar-refractivity contribution in [2.24, 2.45) is 0 Å². The molecule has 16 heavy (non-hydrogen) atoms. The van der Waals surface area contributed by atoms with E-state index < -0.39 is 5.60 Å². The highest BCUT2D eigenvalue weighted by Crippen LogP contribution is 2.45. The van der Waals surface area contributed by atoms with E-state index in [4.69, 9.17) is 0 Å². The fourth-order valence-corrected chi connectivity index (χ4v) is 1.96. The standard InChI is InChI=1S/C13H14N2O/c1-10-6-9-14-15(10)12-4-2-11(3-5-12)13(16)7-8-13/h2-6,9,16H,7-8H2,1H3. The van der Waals surface area contributed by atoms with Crippen LogP contribution < -0.4 is 0 Å². The van der Waals surface area contributed by atoms with Crippen molar-refractivity contribution in [3.63, 3.8) is 0 Å². The average Bonchev–Trinajstić information content (AvgIpc) is 2.90. The second-order valence-corrected chi connectivity index (χ2v) is 4.46. The van der Waals surface area contributed by atoms with E-state index in [1.54, 1.807) is 6.20 Å². The molecular weight excluding hydrogens is 200 g/mol. The molecule has 1 aromatic carbocycles. The van der Waals surface area contributed by atoms with E-state index in [1.165, 1.54) is 0 Å². The molecule has 3 heteroatoms. The third kappa shape index (κ3) is 1.44. The van der Waals surface area contributed by atoms with Crippen LogP contribution in [0.1, 0.15) is 24.1 Å². The molecule has 0 unspecified atom stereocenters. The van der Waals surface area contributed by atoms with E-state index in [-0.39, 0.29) is 0 Å². The third-order valence-electron chi connectivity index (χ3n) is 3.20. The summed E-state index contributed by atoms with van der Waals surface area (Å²) in [7, 11) is 0. The van der Waals surface area contributed by atoms with E-state index in [0.29, 0.717) is 0 Å². The van der Waals surface area contributed by atoms with Gasteiger partial charge in [0.1, 0.15) is 0 Å². The minimum absolute atomic E-state index is 0.544. The van der Waals surface area contributed by atoms with Crippen LogP contribution in [0.5, 0.6) is 0 Å². The van der Waals surface area contributed by atoms with Crippen molar-refractivity contribution in [3.8, 4) is 5.69 Å². The molecule has 1 heterocycles. The average molecular weight is 214 g/mol. The summed E-state index contributed by atoms with van der Waals surface area (Å²) in [6.45, 7) is 2.02. The number of hydrogen-bond donors (Lipinski definition) is 1. The van der Waals surface area contributed by atoms with Crippen LogP contribution in [-0.2, 0) is 5.60 Å². The molecule has 2 aromatic rings. The van der Waals surface area contributed by atoms with Gasteiger partial charge in [-0.05, 0) is 43.5 Å². The van der Waals surface area contributed by atoms with Crippen LogP contribution in [0.2, 0.25) is 0 Å². The molecule has 1 N–H and O–H groups in total. The lowest BCUT2D eigenvalue weighted by Crippen LogP contribution is -2.05. The first-order chi connectivity index (χ1) is 7.69. The zero-order chi connectivity index (χ0) is 11.2.